The van der Waals surface area contributed by atoms with Gasteiger partial charge >= 0.3 is 35.8 Å². The Morgan fingerprint density at radius 2 is 0.760 bits per heavy atom. The lowest BCUT2D eigenvalue weighted by Crippen LogP contribution is -2.69. The molecule has 0 spiro atoms. The van der Waals surface area contributed by atoms with E-state index in [1.54, 1.807) is 0 Å². The second-order valence-electron chi connectivity index (χ2n) is 6.12. The molecule has 0 unspecified atom stereocenters. The Morgan fingerprint density at radius 1 is 0.440 bits per heavy atom. The Labute approximate surface area is 132 Å². The molecule has 0 aromatic rings. The summed E-state index contributed by atoms with van der Waals surface area (Å²) in [5.41, 5.74) is -1.35. The smallest absolute Gasteiger partial charge is 0.195 e. The van der Waals surface area contributed by atoms with Crippen LogP contribution >= 0.6 is 0 Å². The standard InChI is InChI=1S/C12H11F13/c1-6(2,3)4-5-7(13,14)8(15,16)9(17,18)10(19,20)11(21,22)12(23,24)25/h4-5H,1-3H3/b5-4+. The third-order valence-electron chi connectivity index (χ3n) is 2.75. The van der Waals surface area contributed by atoms with E-state index < -0.39 is 47.3 Å². The molecule has 0 heterocycles. The van der Waals surface area contributed by atoms with Gasteiger partial charge in [-0.05, 0) is 11.5 Å². The average Bonchev–Trinajstić information content (AvgIpc) is 2.33. The van der Waals surface area contributed by atoms with Crippen LogP contribution in [0.25, 0.3) is 0 Å². The number of halogens is 13. The van der Waals surface area contributed by atoms with Gasteiger partial charge in [-0.1, -0.05) is 26.8 Å². The number of alkyl halides is 13. The summed E-state index contributed by atoms with van der Waals surface area (Å²) in [6.45, 7) is 3.30. The zero-order valence-electron chi connectivity index (χ0n) is 12.6. The van der Waals surface area contributed by atoms with Crippen molar-refractivity contribution >= 4 is 0 Å². The molecule has 0 bridgehead atoms. The third kappa shape index (κ3) is 3.83. The molecule has 0 aromatic heterocycles. The molecule has 150 valence electrons. The average molecular weight is 402 g/mol. The quantitative estimate of drug-likeness (QED) is 0.373. The van der Waals surface area contributed by atoms with Gasteiger partial charge < -0.3 is 0 Å². The second-order valence-corrected chi connectivity index (χ2v) is 6.12. The summed E-state index contributed by atoms with van der Waals surface area (Å²) in [5.74, 6) is -36.7. The maximum Gasteiger partial charge on any atom is 0.460 e. The maximum atomic E-state index is 13.3. The largest absolute Gasteiger partial charge is 0.460 e. The molecule has 0 rings (SSSR count). The molecule has 0 amide bonds. The van der Waals surface area contributed by atoms with E-state index in [9.17, 15) is 57.1 Å². The van der Waals surface area contributed by atoms with Gasteiger partial charge in [0.25, 0.3) is 0 Å². The number of hydrogen-bond donors (Lipinski definition) is 0. The first-order valence-electron chi connectivity index (χ1n) is 6.12. The molecule has 25 heavy (non-hydrogen) atoms. The van der Waals surface area contributed by atoms with Crippen LogP contribution in [-0.2, 0) is 0 Å². The van der Waals surface area contributed by atoms with Gasteiger partial charge in [0.05, 0.1) is 0 Å². The van der Waals surface area contributed by atoms with Gasteiger partial charge in [-0.15, -0.1) is 0 Å². The van der Waals surface area contributed by atoms with Crippen molar-refractivity contribution in [1.29, 1.82) is 0 Å². The summed E-state index contributed by atoms with van der Waals surface area (Å²) in [6.07, 6.45) is -8.17. The Bertz CT molecular complexity index is 504. The van der Waals surface area contributed by atoms with E-state index in [2.05, 4.69) is 0 Å². The highest BCUT2D eigenvalue weighted by atomic mass is 19.4. The van der Waals surface area contributed by atoms with Gasteiger partial charge in [-0.3, -0.25) is 0 Å². The van der Waals surface area contributed by atoms with Crippen molar-refractivity contribution < 1.29 is 57.1 Å². The molecule has 0 aliphatic rings. The van der Waals surface area contributed by atoms with Gasteiger partial charge in [-0.2, -0.15) is 57.1 Å². The van der Waals surface area contributed by atoms with Crippen LogP contribution in [0.1, 0.15) is 20.8 Å². The third-order valence-corrected chi connectivity index (χ3v) is 2.75. The van der Waals surface area contributed by atoms with E-state index in [4.69, 9.17) is 0 Å². The first-order chi connectivity index (χ1) is 10.5. The number of allylic oxidation sites excluding steroid dienone is 2. The topological polar surface area (TPSA) is 0 Å². The van der Waals surface area contributed by atoms with E-state index in [1.807, 2.05) is 0 Å². The van der Waals surface area contributed by atoms with Crippen molar-refractivity contribution in [3.63, 3.8) is 0 Å². The van der Waals surface area contributed by atoms with Gasteiger partial charge in [0.15, 0.2) is 0 Å². The summed E-state index contributed by atoms with van der Waals surface area (Å²) >= 11 is 0. The highest BCUT2D eigenvalue weighted by Gasteiger charge is 2.90. The lowest BCUT2D eigenvalue weighted by atomic mass is 9.91. The molecule has 0 saturated heterocycles. The fraction of sp³-hybridized carbons (Fsp3) is 0.833. The molecule has 13 heteroatoms. The van der Waals surface area contributed by atoms with E-state index in [1.165, 1.54) is 0 Å². The first-order valence-corrected chi connectivity index (χ1v) is 6.12. The van der Waals surface area contributed by atoms with E-state index in [0.29, 0.717) is 0 Å². The lowest BCUT2D eigenvalue weighted by Gasteiger charge is -2.39. The summed E-state index contributed by atoms with van der Waals surface area (Å²) in [4.78, 5) is 0. The molecule has 0 fully saturated rings. The van der Waals surface area contributed by atoms with Crippen LogP contribution in [0.3, 0.4) is 0 Å². The highest BCUT2D eigenvalue weighted by molar-refractivity contribution is 5.16. The Kier molecular flexibility index (Phi) is 5.65. The predicted octanol–water partition coefficient (Wildman–Crippen LogP) is 6.33. The van der Waals surface area contributed by atoms with Crippen molar-refractivity contribution in [3.8, 4) is 0 Å². The normalized spacial score (nSPS) is 16.6. The van der Waals surface area contributed by atoms with Gasteiger partial charge in [0.2, 0.25) is 0 Å². The van der Waals surface area contributed by atoms with Crippen molar-refractivity contribution in [1.82, 2.24) is 0 Å². The minimum atomic E-state index is -7.86. The molecule has 0 saturated carbocycles. The van der Waals surface area contributed by atoms with Gasteiger partial charge in [-0.25, -0.2) is 0 Å². The minimum Gasteiger partial charge on any atom is -0.195 e. The van der Waals surface area contributed by atoms with Crippen LogP contribution in [0.4, 0.5) is 57.1 Å². The molecule has 0 radical (unpaired) electrons. The fourth-order valence-corrected chi connectivity index (χ4v) is 1.24. The van der Waals surface area contributed by atoms with Crippen LogP contribution in [0.15, 0.2) is 12.2 Å². The number of rotatable bonds is 5. The first kappa shape index (κ1) is 23.8. The molecule has 0 aromatic carbocycles. The van der Waals surface area contributed by atoms with E-state index in [0.717, 1.165) is 20.8 Å². The Balaban J connectivity index is 6.26. The highest BCUT2D eigenvalue weighted by Crippen LogP contribution is 2.60. The summed E-state index contributed by atoms with van der Waals surface area (Å²) < 4.78 is 166. The van der Waals surface area contributed by atoms with Crippen LogP contribution in [0.2, 0.25) is 0 Å². The zero-order chi connectivity index (χ0) is 20.9. The van der Waals surface area contributed by atoms with Crippen LogP contribution < -0.4 is 0 Å². The molecular formula is C12H11F13. The molecular weight excluding hydrogens is 391 g/mol. The van der Waals surface area contributed by atoms with Crippen molar-refractivity contribution in [2.75, 3.05) is 0 Å². The van der Waals surface area contributed by atoms with Crippen LogP contribution in [0, 0.1) is 5.41 Å². The predicted molar refractivity (Wildman–Crippen MR) is 59.4 cm³/mol. The van der Waals surface area contributed by atoms with Gasteiger partial charge in [0, 0.05) is 0 Å². The molecule has 0 nitrogen and oxygen atoms in total. The second kappa shape index (κ2) is 5.93. The number of hydrogen-bond acceptors (Lipinski definition) is 0. The fourth-order valence-electron chi connectivity index (χ4n) is 1.24. The minimum absolute atomic E-state index is 0.178. The van der Waals surface area contributed by atoms with E-state index in [-0.39, 0.29) is 6.08 Å². The SMILES string of the molecule is CC(C)(C)/C=C/C(F)(F)C(F)(F)C(F)(F)C(F)(F)C(F)(F)C(F)(F)F. The van der Waals surface area contributed by atoms with E-state index >= 15 is 0 Å². The molecule has 0 N–H and O–H groups in total. The Hall–Kier alpha value is -1.17. The molecule has 0 atom stereocenters. The monoisotopic (exact) mass is 402 g/mol. The summed E-state index contributed by atoms with van der Waals surface area (Å²) in [6, 6.07) is 0. The molecule has 0 aliphatic carbocycles. The lowest BCUT2D eigenvalue weighted by molar-refractivity contribution is -0.436. The van der Waals surface area contributed by atoms with Crippen LogP contribution in [0.5, 0.6) is 0 Å². The van der Waals surface area contributed by atoms with Crippen molar-refractivity contribution in [2.24, 2.45) is 5.41 Å². The van der Waals surface area contributed by atoms with Crippen LogP contribution in [-0.4, -0.2) is 35.8 Å². The molecule has 0 aliphatic heterocycles. The van der Waals surface area contributed by atoms with Crippen molar-refractivity contribution in [3.05, 3.63) is 12.2 Å². The maximum absolute atomic E-state index is 13.3. The Morgan fingerprint density at radius 3 is 1.04 bits per heavy atom. The zero-order valence-corrected chi connectivity index (χ0v) is 12.6. The summed E-state index contributed by atoms with van der Waals surface area (Å²) in [5, 5.41) is 0. The van der Waals surface area contributed by atoms with Gasteiger partial charge in [0.1, 0.15) is 0 Å². The van der Waals surface area contributed by atoms with Crippen molar-refractivity contribution in [2.45, 2.75) is 56.6 Å². The summed E-state index contributed by atoms with van der Waals surface area (Å²) in [7, 11) is 0.